The van der Waals surface area contributed by atoms with Crippen LogP contribution in [0.1, 0.15) is 43.1 Å². The number of carbonyl (C=O) groups is 3. The largest absolute Gasteiger partial charge is 0.442 e. The molecule has 11 heteroatoms. The molecule has 0 radical (unpaired) electrons. The van der Waals surface area contributed by atoms with Crippen molar-refractivity contribution in [3.8, 4) is 11.1 Å². The van der Waals surface area contributed by atoms with E-state index in [1.165, 1.54) is 11.0 Å². The molecule has 1 aliphatic carbocycles. The molecule has 2 heterocycles. The molecule has 270 valence electrons. The quantitative estimate of drug-likeness (QED) is 0.180. The molecule has 0 bridgehead atoms. The summed E-state index contributed by atoms with van der Waals surface area (Å²) in [6.45, 7) is 6.24. The van der Waals surface area contributed by atoms with Crippen LogP contribution in [0.25, 0.3) is 11.1 Å². The predicted molar refractivity (Wildman–Crippen MR) is 196 cm³/mol. The number of nitrogens with one attached hydrogen (secondary N) is 2. The Bertz CT molecular complexity index is 1870. The first-order valence-corrected chi connectivity index (χ1v) is 17.8. The van der Waals surface area contributed by atoms with Crippen molar-refractivity contribution in [2.45, 2.75) is 51.0 Å². The number of ether oxygens (including phenoxy) is 3. The summed E-state index contributed by atoms with van der Waals surface area (Å²) in [4.78, 5) is 44.2. The van der Waals surface area contributed by atoms with Crippen molar-refractivity contribution < 1.29 is 33.0 Å². The van der Waals surface area contributed by atoms with Crippen LogP contribution in [0, 0.1) is 11.7 Å². The summed E-state index contributed by atoms with van der Waals surface area (Å²) in [7, 11) is 0. The van der Waals surface area contributed by atoms with Crippen LogP contribution in [0.2, 0.25) is 0 Å². The molecule has 2 N–H and O–H groups in total. The summed E-state index contributed by atoms with van der Waals surface area (Å²) in [6.07, 6.45) is -2.00. The first-order valence-electron chi connectivity index (χ1n) is 17.8. The van der Waals surface area contributed by atoms with Crippen molar-refractivity contribution in [3.05, 3.63) is 120 Å². The average Bonchev–Trinajstić information content (AvgIpc) is 3.69. The highest BCUT2D eigenvalue weighted by atomic mass is 19.1. The summed E-state index contributed by atoms with van der Waals surface area (Å²) in [6, 6.07) is 28.3. The SMILES string of the molecule is CC(C)C[C@@H](NC(=O)OC1c2ccccc2-c2ccccc21)C(=O)N[C@@H](Cc1ccccc1)[C@H]1CN(c2ccc(N3CCOCC3)c(F)c2)C(=O)O1. The van der Waals surface area contributed by atoms with Crippen LogP contribution in [0.4, 0.5) is 25.4 Å². The number of rotatable bonds is 11. The van der Waals surface area contributed by atoms with Gasteiger partial charge in [0.05, 0.1) is 37.2 Å². The van der Waals surface area contributed by atoms with E-state index < -0.39 is 48.2 Å². The van der Waals surface area contributed by atoms with Gasteiger partial charge in [0.1, 0.15) is 18.0 Å². The Kier molecular flexibility index (Phi) is 10.4. The predicted octanol–water partition coefficient (Wildman–Crippen LogP) is 6.63. The van der Waals surface area contributed by atoms with Crippen molar-refractivity contribution in [2.24, 2.45) is 5.92 Å². The molecule has 4 aromatic carbocycles. The second-order valence-corrected chi connectivity index (χ2v) is 13.9. The van der Waals surface area contributed by atoms with Gasteiger partial charge in [-0.1, -0.05) is 92.7 Å². The van der Waals surface area contributed by atoms with E-state index in [1.54, 1.807) is 12.1 Å². The maximum Gasteiger partial charge on any atom is 0.414 e. The number of cyclic esters (lactones) is 1. The van der Waals surface area contributed by atoms with Crippen LogP contribution in [0.3, 0.4) is 0 Å². The van der Waals surface area contributed by atoms with E-state index in [0.717, 1.165) is 27.8 Å². The Morgan fingerprint density at radius 2 is 1.54 bits per heavy atom. The topological polar surface area (TPSA) is 109 Å². The molecule has 2 aliphatic heterocycles. The highest BCUT2D eigenvalue weighted by Crippen LogP contribution is 2.45. The molecule has 0 saturated carbocycles. The van der Waals surface area contributed by atoms with Gasteiger partial charge in [-0.05, 0) is 53.6 Å². The van der Waals surface area contributed by atoms with Crippen LogP contribution in [0.15, 0.2) is 97.1 Å². The number of carbonyl (C=O) groups excluding carboxylic acids is 3. The molecule has 10 nitrogen and oxygen atoms in total. The zero-order valence-corrected chi connectivity index (χ0v) is 29.3. The molecule has 4 aromatic rings. The highest BCUT2D eigenvalue weighted by molar-refractivity contribution is 5.91. The molecule has 0 aromatic heterocycles. The summed E-state index contributed by atoms with van der Waals surface area (Å²) in [5.74, 6) is -0.801. The number of amides is 3. The molecule has 7 rings (SSSR count). The summed E-state index contributed by atoms with van der Waals surface area (Å²) in [5.41, 5.74) is 5.52. The van der Waals surface area contributed by atoms with Crippen LogP contribution in [-0.4, -0.2) is 69.1 Å². The number of hydrogen-bond donors (Lipinski definition) is 2. The summed E-state index contributed by atoms with van der Waals surface area (Å²) < 4.78 is 32.6. The van der Waals surface area contributed by atoms with Gasteiger partial charge in [-0.15, -0.1) is 0 Å². The smallest absolute Gasteiger partial charge is 0.414 e. The van der Waals surface area contributed by atoms with Gasteiger partial charge in [-0.3, -0.25) is 9.69 Å². The number of nitrogens with zero attached hydrogens (tertiary/aromatic N) is 2. The van der Waals surface area contributed by atoms with E-state index in [4.69, 9.17) is 14.2 Å². The first-order chi connectivity index (χ1) is 25.2. The number of hydrogen-bond acceptors (Lipinski definition) is 7. The van der Waals surface area contributed by atoms with E-state index >= 15 is 4.39 Å². The van der Waals surface area contributed by atoms with Gasteiger partial charge in [-0.25, -0.2) is 14.0 Å². The molecule has 3 amide bonds. The third-order valence-electron chi connectivity index (χ3n) is 9.82. The Balaban J connectivity index is 1.07. The Labute approximate surface area is 302 Å². The maximum absolute atomic E-state index is 15.3. The number of alkyl carbamates (subject to hydrolysis) is 1. The average molecular weight is 707 g/mol. The van der Waals surface area contributed by atoms with E-state index in [-0.39, 0.29) is 12.5 Å². The molecule has 3 atom stereocenters. The zero-order chi connectivity index (χ0) is 36.2. The van der Waals surface area contributed by atoms with Crippen molar-refractivity contribution in [1.29, 1.82) is 0 Å². The van der Waals surface area contributed by atoms with Crippen molar-refractivity contribution >= 4 is 29.5 Å². The third-order valence-corrected chi connectivity index (χ3v) is 9.82. The molecule has 52 heavy (non-hydrogen) atoms. The highest BCUT2D eigenvalue weighted by Gasteiger charge is 2.40. The molecule has 3 aliphatic rings. The third kappa shape index (κ3) is 7.60. The minimum atomic E-state index is -0.923. The van der Waals surface area contributed by atoms with Crippen LogP contribution >= 0.6 is 0 Å². The minimum Gasteiger partial charge on any atom is -0.442 e. The fourth-order valence-corrected chi connectivity index (χ4v) is 7.28. The Hall–Kier alpha value is -5.42. The Morgan fingerprint density at radius 3 is 2.19 bits per heavy atom. The van der Waals surface area contributed by atoms with Crippen molar-refractivity contribution in [2.75, 3.05) is 42.6 Å². The normalized spacial score (nSPS) is 18.0. The number of halogens is 1. The van der Waals surface area contributed by atoms with Gasteiger partial charge in [0.15, 0.2) is 6.10 Å². The van der Waals surface area contributed by atoms with E-state index in [0.29, 0.717) is 50.5 Å². The number of anilines is 2. The monoisotopic (exact) mass is 706 g/mol. The lowest BCUT2D eigenvalue weighted by Crippen LogP contribution is -2.54. The second-order valence-electron chi connectivity index (χ2n) is 13.9. The van der Waals surface area contributed by atoms with Crippen LogP contribution < -0.4 is 20.4 Å². The van der Waals surface area contributed by atoms with Crippen LogP contribution in [-0.2, 0) is 25.4 Å². The second kappa shape index (κ2) is 15.4. The zero-order valence-electron chi connectivity index (χ0n) is 29.3. The number of morpholine rings is 1. The standard InChI is InChI=1S/C41H43FN4O6/c1-26(2)22-35(44-40(48)52-38-31-14-8-6-12-29(31)30-13-7-9-15-32(30)38)39(47)43-34(23-27-10-4-3-5-11-27)37-25-46(41(49)51-37)28-16-17-36(33(42)24-28)45-18-20-50-21-19-45/h3-17,24,26,34-35,37-38H,18-23,25H2,1-2H3,(H,43,47)(H,44,48)/t34-,35+,37+/m0/s1. The Morgan fingerprint density at radius 1 is 0.885 bits per heavy atom. The van der Waals surface area contributed by atoms with Crippen molar-refractivity contribution in [3.63, 3.8) is 0 Å². The fourth-order valence-electron chi connectivity index (χ4n) is 7.28. The van der Waals surface area contributed by atoms with Gasteiger partial charge in [0, 0.05) is 24.2 Å². The molecule has 2 saturated heterocycles. The lowest BCUT2D eigenvalue weighted by atomic mass is 9.98. The fraction of sp³-hybridized carbons (Fsp3) is 0.341. The van der Waals surface area contributed by atoms with Crippen molar-refractivity contribution in [1.82, 2.24) is 10.6 Å². The lowest BCUT2D eigenvalue weighted by Gasteiger charge is -2.29. The maximum atomic E-state index is 15.3. The molecule has 0 unspecified atom stereocenters. The van der Waals surface area contributed by atoms with E-state index in [9.17, 15) is 14.4 Å². The minimum absolute atomic E-state index is 0.0617. The van der Waals surface area contributed by atoms with E-state index in [1.807, 2.05) is 97.6 Å². The number of fused-ring (bicyclic) bond motifs is 3. The molecular weight excluding hydrogens is 663 g/mol. The molecule has 0 spiro atoms. The molecular formula is C41H43FN4O6. The summed E-state index contributed by atoms with van der Waals surface area (Å²) >= 11 is 0. The van der Waals surface area contributed by atoms with Crippen LogP contribution in [0.5, 0.6) is 0 Å². The summed E-state index contributed by atoms with van der Waals surface area (Å²) in [5, 5.41) is 5.93. The van der Waals surface area contributed by atoms with Gasteiger partial charge in [0.25, 0.3) is 0 Å². The first kappa shape index (κ1) is 35.0. The number of benzene rings is 4. The molecule has 2 fully saturated rings. The van der Waals surface area contributed by atoms with Gasteiger partial charge in [0.2, 0.25) is 5.91 Å². The van der Waals surface area contributed by atoms with Gasteiger partial charge >= 0.3 is 12.2 Å². The van der Waals surface area contributed by atoms with E-state index in [2.05, 4.69) is 10.6 Å². The lowest BCUT2D eigenvalue weighted by molar-refractivity contribution is -0.124. The van der Waals surface area contributed by atoms with Gasteiger partial charge in [-0.2, -0.15) is 0 Å². The van der Waals surface area contributed by atoms with Gasteiger partial charge < -0.3 is 29.7 Å².